The van der Waals surface area contributed by atoms with Crippen LogP contribution in [0.25, 0.3) is 11.4 Å². The first kappa shape index (κ1) is 18.7. The molecule has 0 aliphatic heterocycles. The van der Waals surface area contributed by atoms with E-state index in [1.165, 1.54) is 17.3 Å². The second kappa shape index (κ2) is 8.05. The summed E-state index contributed by atoms with van der Waals surface area (Å²) in [6.45, 7) is 4.01. The fourth-order valence-electron chi connectivity index (χ4n) is 2.56. The molecule has 0 aliphatic rings. The van der Waals surface area contributed by atoms with Gasteiger partial charge in [-0.3, -0.25) is 4.79 Å². The van der Waals surface area contributed by atoms with Gasteiger partial charge in [-0.05, 0) is 43.7 Å². The van der Waals surface area contributed by atoms with E-state index in [2.05, 4.69) is 37.5 Å². The topological polar surface area (TPSA) is 59.8 Å². The van der Waals surface area contributed by atoms with E-state index in [1.807, 2.05) is 61.9 Å². The molecule has 134 valence electrons. The Hall–Kier alpha value is -2.12. The second-order valence-electron chi connectivity index (χ2n) is 6.03. The van der Waals surface area contributed by atoms with Crippen molar-refractivity contribution in [1.29, 1.82) is 0 Å². The first-order valence-electron chi connectivity index (χ1n) is 8.09. The Balaban J connectivity index is 1.66. The average Bonchev–Trinajstić information content (AvgIpc) is 2.96. The SMILES string of the molecule is Cc1cccc(-c2nnc(SCC(=O)Nc3ccc(Br)cc3C)n2C)c1. The van der Waals surface area contributed by atoms with Crippen LogP contribution in [0.1, 0.15) is 11.1 Å². The Labute approximate surface area is 165 Å². The van der Waals surface area contributed by atoms with Gasteiger partial charge < -0.3 is 9.88 Å². The van der Waals surface area contributed by atoms with E-state index < -0.39 is 0 Å². The molecule has 0 atom stereocenters. The molecule has 3 rings (SSSR count). The molecule has 7 heteroatoms. The van der Waals surface area contributed by atoms with Crippen LogP contribution in [-0.2, 0) is 11.8 Å². The number of aryl methyl sites for hydroxylation is 2. The molecule has 1 amide bonds. The Morgan fingerprint density at radius 3 is 2.73 bits per heavy atom. The number of aromatic nitrogens is 3. The van der Waals surface area contributed by atoms with Gasteiger partial charge >= 0.3 is 0 Å². The van der Waals surface area contributed by atoms with Crippen LogP contribution in [0.5, 0.6) is 0 Å². The molecule has 1 heterocycles. The summed E-state index contributed by atoms with van der Waals surface area (Å²) in [5, 5.41) is 12.1. The van der Waals surface area contributed by atoms with Gasteiger partial charge in [0.25, 0.3) is 0 Å². The molecule has 0 radical (unpaired) electrons. The number of amides is 1. The molecular formula is C19H19BrN4OS. The van der Waals surface area contributed by atoms with Crippen LogP contribution in [0.15, 0.2) is 52.1 Å². The Morgan fingerprint density at radius 1 is 1.19 bits per heavy atom. The number of nitrogens with zero attached hydrogens (tertiary/aromatic N) is 3. The normalized spacial score (nSPS) is 10.8. The van der Waals surface area contributed by atoms with Crippen LogP contribution >= 0.6 is 27.7 Å². The lowest BCUT2D eigenvalue weighted by molar-refractivity contribution is -0.113. The van der Waals surface area contributed by atoms with Crippen molar-refractivity contribution < 1.29 is 4.79 Å². The van der Waals surface area contributed by atoms with E-state index >= 15 is 0 Å². The summed E-state index contributed by atoms with van der Waals surface area (Å²) in [5.41, 5.74) is 4.01. The van der Waals surface area contributed by atoms with Crippen molar-refractivity contribution in [1.82, 2.24) is 14.8 Å². The van der Waals surface area contributed by atoms with Gasteiger partial charge in [-0.25, -0.2) is 0 Å². The first-order chi connectivity index (χ1) is 12.4. The third kappa shape index (κ3) is 4.34. The van der Waals surface area contributed by atoms with E-state index in [0.29, 0.717) is 5.16 Å². The lowest BCUT2D eigenvalue weighted by Gasteiger charge is -2.08. The Kier molecular flexibility index (Phi) is 5.78. The summed E-state index contributed by atoms with van der Waals surface area (Å²) >= 11 is 4.79. The zero-order chi connectivity index (χ0) is 18.7. The molecule has 0 saturated carbocycles. The van der Waals surface area contributed by atoms with Crippen LogP contribution in [0.4, 0.5) is 5.69 Å². The summed E-state index contributed by atoms with van der Waals surface area (Å²) in [6.07, 6.45) is 0. The van der Waals surface area contributed by atoms with E-state index in [1.54, 1.807) is 0 Å². The van der Waals surface area contributed by atoms with Gasteiger partial charge in [0, 0.05) is 22.8 Å². The summed E-state index contributed by atoms with van der Waals surface area (Å²) in [6, 6.07) is 13.9. The number of halogens is 1. The molecule has 2 aromatic carbocycles. The van der Waals surface area contributed by atoms with Gasteiger partial charge in [0.05, 0.1) is 5.75 Å². The Morgan fingerprint density at radius 2 is 2.00 bits per heavy atom. The average molecular weight is 431 g/mol. The minimum atomic E-state index is -0.0690. The fraction of sp³-hybridized carbons (Fsp3) is 0.211. The number of rotatable bonds is 5. The zero-order valence-corrected chi connectivity index (χ0v) is 17.2. The van der Waals surface area contributed by atoms with E-state index in [-0.39, 0.29) is 11.7 Å². The van der Waals surface area contributed by atoms with Gasteiger partial charge in [0.1, 0.15) is 0 Å². The minimum Gasteiger partial charge on any atom is -0.325 e. The van der Waals surface area contributed by atoms with Crippen molar-refractivity contribution in [3.63, 3.8) is 0 Å². The molecule has 1 N–H and O–H groups in total. The molecule has 0 bridgehead atoms. The zero-order valence-electron chi connectivity index (χ0n) is 14.8. The maximum absolute atomic E-state index is 12.3. The number of nitrogens with one attached hydrogen (secondary N) is 1. The van der Waals surface area contributed by atoms with Gasteiger partial charge in [-0.1, -0.05) is 51.5 Å². The fourth-order valence-corrected chi connectivity index (χ4v) is 3.75. The summed E-state index contributed by atoms with van der Waals surface area (Å²) in [7, 11) is 1.91. The van der Waals surface area contributed by atoms with Gasteiger partial charge in [0.15, 0.2) is 11.0 Å². The van der Waals surface area contributed by atoms with Crippen LogP contribution in [0.2, 0.25) is 0 Å². The van der Waals surface area contributed by atoms with Gasteiger partial charge in [-0.15, -0.1) is 10.2 Å². The predicted molar refractivity (Wildman–Crippen MR) is 109 cm³/mol. The van der Waals surface area contributed by atoms with Crippen molar-refractivity contribution in [3.8, 4) is 11.4 Å². The van der Waals surface area contributed by atoms with Crippen LogP contribution in [-0.4, -0.2) is 26.4 Å². The van der Waals surface area contributed by atoms with Crippen LogP contribution < -0.4 is 5.32 Å². The highest BCUT2D eigenvalue weighted by molar-refractivity contribution is 9.10. The molecule has 0 aliphatic carbocycles. The summed E-state index contributed by atoms with van der Waals surface area (Å²) < 4.78 is 2.91. The third-order valence-electron chi connectivity index (χ3n) is 3.91. The molecule has 3 aromatic rings. The maximum Gasteiger partial charge on any atom is 0.234 e. The third-order valence-corrected chi connectivity index (χ3v) is 5.42. The highest BCUT2D eigenvalue weighted by Gasteiger charge is 2.13. The number of hydrogen-bond acceptors (Lipinski definition) is 4. The second-order valence-corrected chi connectivity index (χ2v) is 7.89. The number of benzene rings is 2. The lowest BCUT2D eigenvalue weighted by atomic mass is 10.1. The van der Waals surface area contributed by atoms with Crippen molar-refractivity contribution in [2.24, 2.45) is 7.05 Å². The van der Waals surface area contributed by atoms with Crippen LogP contribution in [0.3, 0.4) is 0 Å². The first-order valence-corrected chi connectivity index (χ1v) is 9.87. The number of carbonyl (C=O) groups is 1. The molecule has 5 nitrogen and oxygen atoms in total. The molecule has 26 heavy (non-hydrogen) atoms. The van der Waals surface area contributed by atoms with Gasteiger partial charge in [-0.2, -0.15) is 0 Å². The van der Waals surface area contributed by atoms with Crippen LogP contribution in [0, 0.1) is 13.8 Å². The molecule has 0 unspecified atom stereocenters. The number of thioether (sulfide) groups is 1. The monoisotopic (exact) mass is 430 g/mol. The minimum absolute atomic E-state index is 0.0690. The van der Waals surface area contributed by atoms with E-state index in [4.69, 9.17) is 0 Å². The highest BCUT2D eigenvalue weighted by atomic mass is 79.9. The number of carbonyl (C=O) groups excluding carboxylic acids is 1. The quantitative estimate of drug-likeness (QED) is 0.601. The molecule has 0 spiro atoms. The Bertz CT molecular complexity index is 954. The predicted octanol–water partition coefficient (Wildman–Crippen LogP) is 4.59. The number of hydrogen-bond donors (Lipinski definition) is 1. The summed E-state index contributed by atoms with van der Waals surface area (Å²) in [4.78, 5) is 12.3. The summed E-state index contributed by atoms with van der Waals surface area (Å²) in [5.74, 6) is 0.996. The van der Waals surface area contributed by atoms with Crippen molar-refractivity contribution in [3.05, 3.63) is 58.1 Å². The molecule has 0 saturated heterocycles. The van der Waals surface area contributed by atoms with Crippen molar-refractivity contribution >= 4 is 39.3 Å². The smallest absolute Gasteiger partial charge is 0.234 e. The molecular weight excluding hydrogens is 412 g/mol. The van der Waals surface area contributed by atoms with E-state index in [0.717, 1.165) is 27.1 Å². The van der Waals surface area contributed by atoms with Gasteiger partial charge in [0.2, 0.25) is 5.91 Å². The molecule has 0 fully saturated rings. The standard InChI is InChI=1S/C19H19BrN4OS/c1-12-5-4-6-14(9-12)18-22-23-19(24(18)3)26-11-17(25)21-16-8-7-15(20)10-13(16)2/h4-10H,11H2,1-3H3,(H,21,25). The number of anilines is 1. The lowest BCUT2D eigenvalue weighted by Crippen LogP contribution is -2.15. The molecule has 1 aromatic heterocycles. The maximum atomic E-state index is 12.3. The largest absolute Gasteiger partial charge is 0.325 e. The highest BCUT2D eigenvalue weighted by Crippen LogP contribution is 2.24. The van der Waals surface area contributed by atoms with Crippen molar-refractivity contribution in [2.75, 3.05) is 11.1 Å². The van der Waals surface area contributed by atoms with E-state index in [9.17, 15) is 4.79 Å². The van der Waals surface area contributed by atoms with Crippen molar-refractivity contribution in [2.45, 2.75) is 19.0 Å².